The Labute approximate surface area is 106 Å². The summed E-state index contributed by atoms with van der Waals surface area (Å²) in [7, 11) is 1.19. The van der Waals surface area contributed by atoms with Gasteiger partial charge in [-0.2, -0.15) is 0 Å². The van der Waals surface area contributed by atoms with E-state index in [4.69, 9.17) is 16.3 Å². The first-order valence-corrected chi connectivity index (χ1v) is 5.17. The number of halogens is 2. The predicted molar refractivity (Wildman–Crippen MR) is 60.2 cm³/mol. The van der Waals surface area contributed by atoms with Gasteiger partial charge < -0.3 is 9.47 Å². The van der Waals surface area contributed by atoms with Crippen molar-refractivity contribution in [1.82, 2.24) is 0 Å². The number of esters is 1. The highest BCUT2D eigenvalue weighted by Gasteiger charge is 2.22. The highest BCUT2D eigenvalue weighted by molar-refractivity contribution is 6.32. The summed E-state index contributed by atoms with van der Waals surface area (Å²) in [5.74, 6) is -1.79. The van der Waals surface area contributed by atoms with Gasteiger partial charge in [-0.15, -0.1) is 0 Å². The molecule has 0 saturated carbocycles. The molecule has 0 aromatic heterocycles. The lowest BCUT2D eigenvalue weighted by Crippen LogP contribution is -2.09. The van der Waals surface area contributed by atoms with Crippen LogP contribution in [0.2, 0.25) is 5.02 Å². The minimum Gasteiger partial charge on any atom is -0.485 e. The van der Waals surface area contributed by atoms with Crippen molar-refractivity contribution in [2.75, 3.05) is 13.7 Å². The molecular weight excluding hydrogens is 269 g/mol. The Morgan fingerprint density at radius 3 is 2.78 bits per heavy atom. The van der Waals surface area contributed by atoms with Crippen LogP contribution in [0.15, 0.2) is 12.1 Å². The van der Waals surface area contributed by atoms with Crippen molar-refractivity contribution in [3.05, 3.63) is 33.1 Å². The van der Waals surface area contributed by atoms with Crippen molar-refractivity contribution in [3.63, 3.8) is 0 Å². The van der Waals surface area contributed by atoms with E-state index in [1.54, 1.807) is 0 Å². The van der Waals surface area contributed by atoms with Gasteiger partial charge in [-0.05, 0) is 6.07 Å². The van der Waals surface area contributed by atoms with Crippen molar-refractivity contribution in [2.45, 2.75) is 6.42 Å². The van der Waals surface area contributed by atoms with Crippen LogP contribution in [0.25, 0.3) is 0 Å². The molecule has 0 amide bonds. The molecule has 0 bridgehead atoms. The number of nitrogens with zero attached hydrogens (tertiary/aromatic N) is 1. The molecule has 18 heavy (non-hydrogen) atoms. The Kier molecular flexibility index (Phi) is 4.85. The van der Waals surface area contributed by atoms with E-state index in [1.807, 2.05) is 0 Å². The van der Waals surface area contributed by atoms with Crippen LogP contribution < -0.4 is 4.74 Å². The van der Waals surface area contributed by atoms with Crippen LogP contribution in [0.1, 0.15) is 6.42 Å². The summed E-state index contributed by atoms with van der Waals surface area (Å²) in [5, 5.41) is 10.2. The quantitative estimate of drug-likeness (QED) is 0.469. The SMILES string of the molecule is COC(=O)CCOc1c([N+](=O)[O-])ccc(F)c1Cl. The lowest BCUT2D eigenvalue weighted by Gasteiger charge is -2.08. The van der Waals surface area contributed by atoms with Gasteiger partial charge in [0, 0.05) is 6.07 Å². The number of carbonyl (C=O) groups is 1. The van der Waals surface area contributed by atoms with Gasteiger partial charge >= 0.3 is 11.7 Å². The maximum Gasteiger partial charge on any atom is 0.312 e. The molecular formula is C10H9ClFNO5. The standard InChI is InChI=1S/C10H9ClFNO5/c1-17-8(14)4-5-18-10-7(13(15)16)3-2-6(12)9(10)11/h2-3H,4-5H2,1H3. The third-order valence-corrected chi connectivity index (χ3v) is 2.36. The summed E-state index contributed by atoms with van der Waals surface area (Å²) in [4.78, 5) is 20.8. The molecule has 0 saturated heterocycles. The molecule has 0 aliphatic carbocycles. The summed E-state index contributed by atoms with van der Waals surface area (Å²) in [6.07, 6.45) is -0.125. The normalized spacial score (nSPS) is 9.94. The van der Waals surface area contributed by atoms with E-state index >= 15 is 0 Å². The molecule has 1 rings (SSSR count). The number of carbonyl (C=O) groups excluding carboxylic acids is 1. The molecule has 0 atom stereocenters. The molecule has 1 aromatic carbocycles. The van der Waals surface area contributed by atoms with Crippen LogP contribution in [0, 0.1) is 15.9 Å². The number of benzene rings is 1. The summed E-state index contributed by atoms with van der Waals surface area (Å²) in [6.45, 7) is -0.198. The van der Waals surface area contributed by atoms with Crippen molar-refractivity contribution in [3.8, 4) is 5.75 Å². The van der Waals surface area contributed by atoms with Gasteiger partial charge in [-0.1, -0.05) is 11.6 Å². The van der Waals surface area contributed by atoms with Gasteiger partial charge in [0.1, 0.15) is 10.8 Å². The smallest absolute Gasteiger partial charge is 0.312 e. The Balaban J connectivity index is 2.89. The fourth-order valence-electron chi connectivity index (χ4n) is 1.14. The van der Waals surface area contributed by atoms with Crippen LogP contribution >= 0.6 is 11.6 Å². The van der Waals surface area contributed by atoms with Crippen LogP contribution in [-0.4, -0.2) is 24.6 Å². The molecule has 8 heteroatoms. The van der Waals surface area contributed by atoms with Crippen LogP contribution in [0.4, 0.5) is 10.1 Å². The van der Waals surface area contributed by atoms with E-state index in [9.17, 15) is 19.3 Å². The molecule has 1 aromatic rings. The van der Waals surface area contributed by atoms with E-state index in [-0.39, 0.29) is 13.0 Å². The predicted octanol–water partition coefficient (Wildman–Crippen LogP) is 2.33. The Morgan fingerprint density at radius 1 is 1.56 bits per heavy atom. The summed E-state index contributed by atoms with van der Waals surface area (Å²) in [6, 6.07) is 1.81. The van der Waals surface area contributed by atoms with E-state index in [0.29, 0.717) is 0 Å². The Bertz CT molecular complexity index is 480. The maximum absolute atomic E-state index is 13.1. The average molecular weight is 278 g/mol. The van der Waals surface area contributed by atoms with Crippen molar-refractivity contribution in [2.24, 2.45) is 0 Å². The van der Waals surface area contributed by atoms with Crippen molar-refractivity contribution in [1.29, 1.82) is 0 Å². The van der Waals surface area contributed by atoms with Gasteiger partial charge in [0.15, 0.2) is 0 Å². The maximum atomic E-state index is 13.1. The number of ether oxygens (including phenoxy) is 2. The lowest BCUT2D eigenvalue weighted by molar-refractivity contribution is -0.385. The summed E-state index contributed by atoms with van der Waals surface area (Å²) >= 11 is 5.57. The monoisotopic (exact) mass is 277 g/mol. The molecule has 0 unspecified atom stereocenters. The van der Waals surface area contributed by atoms with Crippen molar-refractivity contribution < 1.29 is 23.6 Å². The minimum absolute atomic E-state index is 0.125. The summed E-state index contributed by atoms with van der Waals surface area (Å²) < 4.78 is 22.5. The molecule has 98 valence electrons. The van der Waals surface area contributed by atoms with Gasteiger partial charge in [-0.25, -0.2) is 4.39 Å². The zero-order valence-corrected chi connectivity index (χ0v) is 10.1. The topological polar surface area (TPSA) is 78.7 Å². The zero-order valence-electron chi connectivity index (χ0n) is 9.31. The third kappa shape index (κ3) is 3.30. The average Bonchev–Trinajstić information content (AvgIpc) is 2.33. The number of hydrogen-bond donors (Lipinski definition) is 0. The van der Waals surface area contributed by atoms with Gasteiger partial charge in [0.25, 0.3) is 0 Å². The first-order chi connectivity index (χ1) is 8.47. The second-order valence-corrected chi connectivity index (χ2v) is 3.52. The van der Waals surface area contributed by atoms with E-state index in [1.165, 1.54) is 7.11 Å². The molecule has 6 nitrogen and oxygen atoms in total. The number of nitro benzene ring substituents is 1. The van der Waals surface area contributed by atoms with Crippen LogP contribution in [-0.2, 0) is 9.53 Å². The zero-order chi connectivity index (χ0) is 13.7. The molecule has 0 radical (unpaired) electrons. The van der Waals surface area contributed by atoms with E-state index in [2.05, 4.69) is 4.74 Å². The molecule has 0 heterocycles. The number of rotatable bonds is 5. The fourth-order valence-corrected chi connectivity index (χ4v) is 1.36. The minimum atomic E-state index is -0.838. The molecule has 0 aliphatic heterocycles. The fraction of sp³-hybridized carbons (Fsp3) is 0.300. The lowest BCUT2D eigenvalue weighted by atomic mass is 10.3. The first-order valence-electron chi connectivity index (χ1n) is 4.79. The first kappa shape index (κ1) is 14.2. The molecule has 0 N–H and O–H groups in total. The third-order valence-electron chi connectivity index (χ3n) is 2.01. The van der Waals surface area contributed by atoms with E-state index < -0.39 is 33.2 Å². The Morgan fingerprint density at radius 2 is 2.22 bits per heavy atom. The van der Waals surface area contributed by atoms with Crippen LogP contribution in [0.3, 0.4) is 0 Å². The van der Waals surface area contributed by atoms with Crippen molar-refractivity contribution >= 4 is 23.3 Å². The highest BCUT2D eigenvalue weighted by atomic mass is 35.5. The summed E-state index contributed by atoms with van der Waals surface area (Å²) in [5.41, 5.74) is -0.466. The van der Waals surface area contributed by atoms with Gasteiger partial charge in [-0.3, -0.25) is 14.9 Å². The Hall–Kier alpha value is -1.89. The second kappa shape index (κ2) is 6.15. The number of nitro groups is 1. The molecule has 0 fully saturated rings. The van der Waals surface area contributed by atoms with Crippen LogP contribution in [0.5, 0.6) is 5.75 Å². The molecule has 0 aliphatic rings. The second-order valence-electron chi connectivity index (χ2n) is 3.14. The van der Waals surface area contributed by atoms with Gasteiger partial charge in [0.05, 0.1) is 25.1 Å². The highest BCUT2D eigenvalue weighted by Crippen LogP contribution is 2.36. The molecule has 0 spiro atoms. The van der Waals surface area contributed by atoms with Gasteiger partial charge in [0.2, 0.25) is 5.75 Å². The number of methoxy groups -OCH3 is 1. The largest absolute Gasteiger partial charge is 0.485 e. The number of hydrogen-bond acceptors (Lipinski definition) is 5. The van der Waals surface area contributed by atoms with E-state index in [0.717, 1.165) is 12.1 Å².